The van der Waals surface area contributed by atoms with Crippen molar-refractivity contribution in [1.82, 2.24) is 5.32 Å². The normalized spacial score (nSPS) is 17.3. The summed E-state index contributed by atoms with van der Waals surface area (Å²) in [5.41, 5.74) is 1.19. The standard InChI is InChI=1S/C16H23NO2/c1-19-16(18)14(11-13-7-3-2-4-8-13)12-17-15-9-5-6-10-15/h2-4,7-8,14-15,17H,5-6,9-12H2,1H3. The number of methoxy groups -OCH3 is 1. The number of esters is 1. The van der Waals surface area contributed by atoms with E-state index in [9.17, 15) is 4.79 Å². The lowest BCUT2D eigenvalue weighted by Gasteiger charge is -2.18. The second kappa shape index (κ2) is 7.29. The molecule has 3 heteroatoms. The lowest BCUT2D eigenvalue weighted by atomic mass is 9.99. The van der Waals surface area contributed by atoms with Gasteiger partial charge in [0.1, 0.15) is 0 Å². The number of rotatable bonds is 6. The number of carbonyl (C=O) groups is 1. The molecular formula is C16H23NO2. The first kappa shape index (κ1) is 14.1. The van der Waals surface area contributed by atoms with E-state index >= 15 is 0 Å². The molecule has 1 aliphatic rings. The van der Waals surface area contributed by atoms with Crippen LogP contribution < -0.4 is 5.32 Å². The largest absolute Gasteiger partial charge is 0.469 e. The third-order valence-corrected chi connectivity index (χ3v) is 3.87. The van der Waals surface area contributed by atoms with Gasteiger partial charge in [0.2, 0.25) is 0 Å². The van der Waals surface area contributed by atoms with Crippen molar-refractivity contribution in [3.05, 3.63) is 35.9 Å². The molecule has 1 aromatic rings. The molecule has 2 rings (SSSR count). The van der Waals surface area contributed by atoms with Crippen LogP contribution >= 0.6 is 0 Å². The van der Waals surface area contributed by atoms with Gasteiger partial charge in [-0.2, -0.15) is 0 Å². The van der Waals surface area contributed by atoms with Crippen molar-refractivity contribution in [2.45, 2.75) is 38.1 Å². The van der Waals surface area contributed by atoms with Crippen LogP contribution in [0.3, 0.4) is 0 Å². The Bertz CT molecular complexity index is 385. The summed E-state index contributed by atoms with van der Waals surface area (Å²) < 4.78 is 4.92. The Balaban J connectivity index is 1.89. The first-order valence-electron chi connectivity index (χ1n) is 7.14. The maximum atomic E-state index is 11.9. The molecule has 0 heterocycles. The lowest BCUT2D eigenvalue weighted by molar-refractivity contribution is -0.145. The molecule has 1 atom stereocenters. The van der Waals surface area contributed by atoms with E-state index in [0.717, 1.165) is 6.42 Å². The third-order valence-electron chi connectivity index (χ3n) is 3.87. The molecule has 104 valence electrons. The fourth-order valence-electron chi connectivity index (χ4n) is 2.74. The maximum Gasteiger partial charge on any atom is 0.310 e. The summed E-state index contributed by atoms with van der Waals surface area (Å²) in [6.45, 7) is 0.715. The van der Waals surface area contributed by atoms with Gasteiger partial charge in [-0.3, -0.25) is 4.79 Å². The van der Waals surface area contributed by atoms with Crippen molar-refractivity contribution in [3.8, 4) is 0 Å². The van der Waals surface area contributed by atoms with Gasteiger partial charge in [0.05, 0.1) is 13.0 Å². The fourth-order valence-corrected chi connectivity index (χ4v) is 2.74. The third kappa shape index (κ3) is 4.35. The Morgan fingerprint density at radius 1 is 1.32 bits per heavy atom. The van der Waals surface area contributed by atoms with Crippen LogP contribution in [0.15, 0.2) is 30.3 Å². The van der Waals surface area contributed by atoms with Gasteiger partial charge < -0.3 is 10.1 Å². The van der Waals surface area contributed by atoms with E-state index in [0.29, 0.717) is 12.6 Å². The Labute approximate surface area is 115 Å². The molecule has 1 fully saturated rings. The predicted octanol–water partition coefficient (Wildman–Crippen LogP) is 2.55. The minimum absolute atomic E-state index is 0.0898. The molecular weight excluding hydrogens is 238 g/mol. The molecule has 1 unspecified atom stereocenters. The van der Waals surface area contributed by atoms with Gasteiger partial charge in [-0.15, -0.1) is 0 Å². The van der Waals surface area contributed by atoms with Gasteiger partial charge in [-0.25, -0.2) is 0 Å². The summed E-state index contributed by atoms with van der Waals surface area (Å²) in [6.07, 6.45) is 5.82. The monoisotopic (exact) mass is 261 g/mol. The van der Waals surface area contributed by atoms with Crippen LogP contribution in [0.25, 0.3) is 0 Å². The molecule has 0 amide bonds. The van der Waals surface area contributed by atoms with Crippen LogP contribution in [0.4, 0.5) is 0 Å². The Morgan fingerprint density at radius 3 is 2.63 bits per heavy atom. The highest BCUT2D eigenvalue weighted by Gasteiger charge is 2.22. The molecule has 0 spiro atoms. The highest BCUT2D eigenvalue weighted by atomic mass is 16.5. The zero-order valence-corrected chi connectivity index (χ0v) is 11.6. The molecule has 1 N–H and O–H groups in total. The number of benzene rings is 1. The first-order valence-corrected chi connectivity index (χ1v) is 7.14. The van der Waals surface area contributed by atoms with Crippen molar-refractivity contribution >= 4 is 5.97 Å². The van der Waals surface area contributed by atoms with E-state index in [4.69, 9.17) is 4.74 Å². The summed E-state index contributed by atoms with van der Waals surface area (Å²) in [6, 6.07) is 10.7. The van der Waals surface area contributed by atoms with Crippen molar-refractivity contribution < 1.29 is 9.53 Å². The Hall–Kier alpha value is -1.35. The highest BCUT2D eigenvalue weighted by Crippen LogP contribution is 2.18. The van der Waals surface area contributed by atoms with Crippen LogP contribution in [0.1, 0.15) is 31.2 Å². The van der Waals surface area contributed by atoms with E-state index in [1.807, 2.05) is 18.2 Å². The number of nitrogens with one attached hydrogen (secondary N) is 1. The SMILES string of the molecule is COC(=O)C(CNC1CCCC1)Cc1ccccc1. The molecule has 0 radical (unpaired) electrons. The number of hydrogen-bond acceptors (Lipinski definition) is 3. The summed E-state index contributed by atoms with van der Waals surface area (Å²) in [4.78, 5) is 11.9. The highest BCUT2D eigenvalue weighted by molar-refractivity contribution is 5.73. The van der Waals surface area contributed by atoms with Crippen molar-refractivity contribution in [3.63, 3.8) is 0 Å². The number of carbonyl (C=O) groups excluding carboxylic acids is 1. The molecule has 19 heavy (non-hydrogen) atoms. The summed E-state index contributed by atoms with van der Waals surface area (Å²) >= 11 is 0. The maximum absolute atomic E-state index is 11.9. The van der Waals surface area contributed by atoms with Crippen LogP contribution in [-0.2, 0) is 16.0 Å². The minimum Gasteiger partial charge on any atom is -0.469 e. The summed E-state index contributed by atoms with van der Waals surface area (Å²) in [5.74, 6) is -0.206. The molecule has 1 aliphatic carbocycles. The summed E-state index contributed by atoms with van der Waals surface area (Å²) in [7, 11) is 1.47. The van der Waals surface area contributed by atoms with Gasteiger partial charge in [0, 0.05) is 12.6 Å². The zero-order chi connectivity index (χ0) is 13.5. The first-order chi connectivity index (χ1) is 9.29. The lowest BCUT2D eigenvalue weighted by Crippen LogP contribution is -2.36. The molecule has 0 aliphatic heterocycles. The van der Waals surface area contributed by atoms with Gasteiger partial charge in [0.15, 0.2) is 0 Å². The van der Waals surface area contributed by atoms with Crippen LogP contribution in [0.2, 0.25) is 0 Å². The number of hydrogen-bond donors (Lipinski definition) is 1. The van der Waals surface area contributed by atoms with Gasteiger partial charge in [-0.05, 0) is 24.8 Å². The molecule has 0 saturated heterocycles. The predicted molar refractivity (Wildman–Crippen MR) is 75.9 cm³/mol. The Kier molecular flexibility index (Phi) is 5.40. The zero-order valence-electron chi connectivity index (χ0n) is 11.6. The average molecular weight is 261 g/mol. The van der Waals surface area contributed by atoms with E-state index in [1.54, 1.807) is 0 Å². The molecule has 3 nitrogen and oxygen atoms in total. The summed E-state index contributed by atoms with van der Waals surface area (Å²) in [5, 5.41) is 3.52. The van der Waals surface area contributed by atoms with Gasteiger partial charge in [0.25, 0.3) is 0 Å². The molecule has 1 saturated carbocycles. The quantitative estimate of drug-likeness (QED) is 0.800. The van der Waals surface area contributed by atoms with Crippen molar-refractivity contribution in [1.29, 1.82) is 0 Å². The second-order valence-corrected chi connectivity index (χ2v) is 5.30. The van der Waals surface area contributed by atoms with Crippen LogP contribution in [0.5, 0.6) is 0 Å². The average Bonchev–Trinajstić information content (AvgIpc) is 2.97. The fraction of sp³-hybridized carbons (Fsp3) is 0.562. The van der Waals surface area contributed by atoms with Gasteiger partial charge in [-0.1, -0.05) is 43.2 Å². The second-order valence-electron chi connectivity index (χ2n) is 5.30. The molecule has 1 aromatic carbocycles. The molecule has 0 aromatic heterocycles. The number of ether oxygens (including phenoxy) is 1. The Morgan fingerprint density at radius 2 is 2.00 bits per heavy atom. The topological polar surface area (TPSA) is 38.3 Å². The van der Waals surface area contributed by atoms with Crippen molar-refractivity contribution in [2.75, 3.05) is 13.7 Å². The van der Waals surface area contributed by atoms with Crippen LogP contribution in [-0.4, -0.2) is 25.7 Å². The minimum atomic E-state index is -0.116. The van der Waals surface area contributed by atoms with Crippen LogP contribution in [0, 0.1) is 5.92 Å². The van der Waals surface area contributed by atoms with E-state index in [-0.39, 0.29) is 11.9 Å². The van der Waals surface area contributed by atoms with Gasteiger partial charge >= 0.3 is 5.97 Å². The molecule has 0 bridgehead atoms. The smallest absolute Gasteiger partial charge is 0.310 e. The van der Waals surface area contributed by atoms with E-state index in [2.05, 4.69) is 17.4 Å². The van der Waals surface area contributed by atoms with E-state index < -0.39 is 0 Å². The van der Waals surface area contributed by atoms with Crippen molar-refractivity contribution in [2.24, 2.45) is 5.92 Å². The van der Waals surface area contributed by atoms with E-state index in [1.165, 1.54) is 38.4 Å².